The van der Waals surface area contributed by atoms with E-state index in [0.717, 1.165) is 35.5 Å². The minimum atomic E-state index is 0.864. The third kappa shape index (κ3) is 2.95. The van der Waals surface area contributed by atoms with Gasteiger partial charge in [-0.3, -0.25) is 0 Å². The van der Waals surface area contributed by atoms with Gasteiger partial charge in [-0.05, 0) is 103 Å². The summed E-state index contributed by atoms with van der Waals surface area (Å²) in [4.78, 5) is 0. The predicted octanol–water partition coefficient (Wildman–Crippen LogP) is 7.18. The minimum Gasteiger partial charge on any atom is -0.0651 e. The molecule has 4 rings (SSSR count). The summed E-state index contributed by atoms with van der Waals surface area (Å²) in [6.07, 6.45) is 11.2. The largest absolute Gasteiger partial charge is 0.0651 e. The second kappa shape index (κ2) is 6.50. The van der Waals surface area contributed by atoms with Gasteiger partial charge in [0, 0.05) is 0 Å². The first-order valence-electron chi connectivity index (χ1n) is 10.7. The van der Waals surface area contributed by atoms with E-state index in [1.54, 1.807) is 22.3 Å². The molecule has 0 aromatic heterocycles. The predicted molar refractivity (Wildman–Crippen MR) is 104 cm³/mol. The highest BCUT2D eigenvalue weighted by atomic mass is 14.4. The van der Waals surface area contributed by atoms with E-state index in [1.807, 2.05) is 0 Å². The molecule has 0 radical (unpaired) electrons. The number of benzene rings is 1. The highest BCUT2D eigenvalue weighted by molar-refractivity contribution is 5.46. The molecule has 24 heavy (non-hydrogen) atoms. The van der Waals surface area contributed by atoms with E-state index in [0.29, 0.717) is 0 Å². The molecule has 0 amide bonds. The summed E-state index contributed by atoms with van der Waals surface area (Å²) >= 11 is 0. The lowest BCUT2D eigenvalue weighted by atomic mass is 9.64. The van der Waals surface area contributed by atoms with Gasteiger partial charge in [-0.25, -0.2) is 0 Å². The van der Waals surface area contributed by atoms with Gasteiger partial charge in [-0.2, -0.15) is 0 Å². The van der Waals surface area contributed by atoms with Crippen LogP contribution in [0, 0.1) is 17.8 Å². The van der Waals surface area contributed by atoms with Crippen molar-refractivity contribution in [2.24, 2.45) is 17.8 Å². The maximum Gasteiger partial charge on any atom is -0.0154 e. The van der Waals surface area contributed by atoms with Crippen LogP contribution in [0.15, 0.2) is 12.1 Å². The van der Waals surface area contributed by atoms with Crippen LogP contribution in [-0.4, -0.2) is 0 Å². The Balaban J connectivity index is 1.71. The molecule has 3 saturated carbocycles. The van der Waals surface area contributed by atoms with Crippen molar-refractivity contribution >= 4 is 0 Å². The number of hydrogen-bond acceptors (Lipinski definition) is 0. The maximum absolute atomic E-state index is 2.67. The van der Waals surface area contributed by atoms with E-state index in [1.165, 1.54) is 51.4 Å². The Labute approximate surface area is 149 Å². The van der Waals surface area contributed by atoms with Crippen LogP contribution >= 0.6 is 0 Å². The minimum absolute atomic E-state index is 0.864. The van der Waals surface area contributed by atoms with Gasteiger partial charge >= 0.3 is 0 Å². The molecule has 0 bridgehead atoms. The summed E-state index contributed by atoms with van der Waals surface area (Å²) in [5, 5.41) is 0. The van der Waals surface area contributed by atoms with Crippen molar-refractivity contribution in [3.05, 3.63) is 34.4 Å². The van der Waals surface area contributed by atoms with E-state index >= 15 is 0 Å². The van der Waals surface area contributed by atoms with Crippen LogP contribution in [0.1, 0.15) is 113 Å². The Morgan fingerprint density at radius 2 is 1.12 bits per heavy atom. The fourth-order valence-electron chi connectivity index (χ4n) is 5.73. The van der Waals surface area contributed by atoms with E-state index in [2.05, 4.69) is 39.8 Å². The molecule has 0 saturated heterocycles. The Bertz CT molecular complexity index is 541. The molecule has 0 spiro atoms. The van der Waals surface area contributed by atoms with Gasteiger partial charge in [0.25, 0.3) is 0 Å². The Morgan fingerprint density at radius 1 is 0.708 bits per heavy atom. The first kappa shape index (κ1) is 16.7. The van der Waals surface area contributed by atoms with Crippen LogP contribution in [0.4, 0.5) is 0 Å². The summed E-state index contributed by atoms with van der Waals surface area (Å²) in [6, 6.07) is 5.34. The molecular formula is C24H36. The lowest BCUT2D eigenvalue weighted by Crippen LogP contribution is -2.26. The fraction of sp³-hybridized carbons (Fsp3) is 0.750. The summed E-state index contributed by atoms with van der Waals surface area (Å²) in [5.41, 5.74) is 7.04. The Hall–Kier alpha value is -0.780. The maximum atomic E-state index is 2.67. The van der Waals surface area contributed by atoms with Crippen LogP contribution in [0.2, 0.25) is 0 Å². The second-order valence-corrected chi connectivity index (χ2v) is 9.75. The standard InChI is InChI=1S/C24H36/c1-5-6-22-23(20-9-16(3)10-20)13-19(18-7-15(2)8-18)14-24(22)21-11-17(4)12-21/h13-18,20-21H,5-12H2,1-4H3. The zero-order valence-corrected chi connectivity index (χ0v) is 16.3. The molecule has 3 fully saturated rings. The molecular weight excluding hydrogens is 288 g/mol. The van der Waals surface area contributed by atoms with Gasteiger partial charge in [0.1, 0.15) is 0 Å². The highest BCUT2D eigenvalue weighted by Gasteiger charge is 2.35. The summed E-state index contributed by atoms with van der Waals surface area (Å²) in [6.45, 7) is 9.65. The second-order valence-electron chi connectivity index (χ2n) is 9.75. The molecule has 0 heterocycles. The van der Waals surface area contributed by atoms with E-state index in [9.17, 15) is 0 Å². The van der Waals surface area contributed by atoms with Gasteiger partial charge in [-0.15, -0.1) is 0 Å². The van der Waals surface area contributed by atoms with Gasteiger partial charge in [0.15, 0.2) is 0 Å². The van der Waals surface area contributed by atoms with Crippen LogP contribution in [0.25, 0.3) is 0 Å². The first-order chi connectivity index (χ1) is 11.5. The molecule has 1 aromatic rings. The van der Waals surface area contributed by atoms with Gasteiger partial charge in [0.05, 0.1) is 0 Å². The van der Waals surface area contributed by atoms with Crippen molar-refractivity contribution in [1.29, 1.82) is 0 Å². The molecule has 3 aliphatic rings. The summed E-state index contributed by atoms with van der Waals surface area (Å²) in [7, 11) is 0. The monoisotopic (exact) mass is 324 g/mol. The van der Waals surface area contributed by atoms with Crippen LogP contribution in [-0.2, 0) is 6.42 Å². The molecule has 132 valence electrons. The van der Waals surface area contributed by atoms with Crippen molar-refractivity contribution in [2.75, 3.05) is 0 Å². The third-order valence-electron chi connectivity index (χ3n) is 7.31. The van der Waals surface area contributed by atoms with Crippen molar-refractivity contribution in [3.63, 3.8) is 0 Å². The summed E-state index contributed by atoms with van der Waals surface area (Å²) in [5.74, 6) is 5.45. The molecule has 3 aliphatic carbocycles. The van der Waals surface area contributed by atoms with Gasteiger partial charge in [-0.1, -0.05) is 46.2 Å². The van der Waals surface area contributed by atoms with E-state index < -0.39 is 0 Å². The normalized spacial score (nSPS) is 38.2. The Morgan fingerprint density at radius 3 is 1.50 bits per heavy atom. The average Bonchev–Trinajstić information content (AvgIpc) is 2.46. The van der Waals surface area contributed by atoms with Crippen molar-refractivity contribution in [3.8, 4) is 0 Å². The summed E-state index contributed by atoms with van der Waals surface area (Å²) < 4.78 is 0. The van der Waals surface area contributed by atoms with Crippen LogP contribution in [0.3, 0.4) is 0 Å². The number of rotatable bonds is 5. The third-order valence-corrected chi connectivity index (χ3v) is 7.31. The van der Waals surface area contributed by atoms with E-state index in [-0.39, 0.29) is 0 Å². The molecule has 1 aromatic carbocycles. The first-order valence-corrected chi connectivity index (χ1v) is 10.7. The topological polar surface area (TPSA) is 0 Å². The van der Waals surface area contributed by atoms with Gasteiger partial charge < -0.3 is 0 Å². The average molecular weight is 325 g/mol. The molecule has 0 nitrogen and oxygen atoms in total. The Kier molecular flexibility index (Phi) is 4.52. The van der Waals surface area contributed by atoms with Crippen LogP contribution in [0.5, 0.6) is 0 Å². The molecule has 0 N–H and O–H groups in total. The molecule has 0 aliphatic heterocycles. The lowest BCUT2D eigenvalue weighted by Gasteiger charge is -2.41. The zero-order valence-electron chi connectivity index (χ0n) is 16.3. The zero-order chi connectivity index (χ0) is 16.8. The van der Waals surface area contributed by atoms with Crippen molar-refractivity contribution in [1.82, 2.24) is 0 Å². The molecule has 0 unspecified atom stereocenters. The van der Waals surface area contributed by atoms with Crippen LogP contribution < -0.4 is 0 Å². The van der Waals surface area contributed by atoms with Gasteiger partial charge in [0.2, 0.25) is 0 Å². The highest BCUT2D eigenvalue weighted by Crippen LogP contribution is 2.50. The van der Waals surface area contributed by atoms with E-state index in [4.69, 9.17) is 0 Å². The molecule has 0 atom stereocenters. The molecule has 0 heteroatoms. The SMILES string of the molecule is CCCc1c(C2CC(C)C2)cc(C2CC(C)C2)cc1C1CC(C)C1. The van der Waals surface area contributed by atoms with Crippen molar-refractivity contribution < 1.29 is 0 Å². The number of hydrogen-bond donors (Lipinski definition) is 0. The fourth-order valence-corrected chi connectivity index (χ4v) is 5.73. The quantitative estimate of drug-likeness (QED) is 0.538. The van der Waals surface area contributed by atoms with Crippen molar-refractivity contribution in [2.45, 2.75) is 96.8 Å². The lowest BCUT2D eigenvalue weighted by molar-refractivity contribution is 0.273. The smallest absolute Gasteiger partial charge is 0.0154 e.